The molecule has 1 N–H and O–H groups in total. The van der Waals surface area contributed by atoms with Gasteiger partial charge in [-0.05, 0) is 27.7 Å². The van der Waals surface area contributed by atoms with Crippen molar-refractivity contribution in [3.63, 3.8) is 0 Å². The minimum atomic E-state index is -1.02. The molecule has 0 bridgehead atoms. The van der Waals surface area contributed by atoms with Crippen LogP contribution in [-0.2, 0) is 23.7 Å². The predicted molar refractivity (Wildman–Crippen MR) is 59.6 cm³/mol. The van der Waals surface area contributed by atoms with E-state index < -0.39 is 24.0 Å². The van der Waals surface area contributed by atoms with Gasteiger partial charge in [0.25, 0.3) is 0 Å². The molecule has 0 saturated carbocycles. The van der Waals surface area contributed by atoms with Crippen molar-refractivity contribution in [1.82, 2.24) is 0 Å². The molecule has 0 unspecified atom stereocenters. The third-order valence-electron chi connectivity index (χ3n) is 3.42. The second-order valence-electron chi connectivity index (χ2n) is 5.93. The summed E-state index contributed by atoms with van der Waals surface area (Å²) >= 11 is 0. The first-order chi connectivity index (χ1) is 8.27. The maximum atomic E-state index is 9.94. The minimum Gasteiger partial charge on any atom is -0.366 e. The van der Waals surface area contributed by atoms with Crippen LogP contribution in [0.5, 0.6) is 0 Å². The molecular formula is C12H20O6. The van der Waals surface area contributed by atoms with Gasteiger partial charge in [0.15, 0.2) is 17.9 Å². The maximum Gasteiger partial charge on any atom is 0.184 e. The van der Waals surface area contributed by atoms with Crippen LogP contribution in [0.3, 0.4) is 0 Å². The fourth-order valence-corrected chi connectivity index (χ4v) is 2.85. The normalized spacial score (nSPS) is 49.5. The monoisotopic (exact) mass is 260 g/mol. The molecule has 0 spiro atoms. The van der Waals surface area contributed by atoms with Gasteiger partial charge in [-0.25, -0.2) is 0 Å². The SMILES string of the molecule is CC1(C)O[C@@H]2[C@@H](O1)[C@@H](O)OC[C@H]1OC(C)(C)O[C@@H]21. The van der Waals surface area contributed by atoms with Crippen LogP contribution in [0, 0.1) is 0 Å². The van der Waals surface area contributed by atoms with Crippen molar-refractivity contribution in [1.29, 1.82) is 0 Å². The fourth-order valence-electron chi connectivity index (χ4n) is 2.85. The second kappa shape index (κ2) is 3.88. The highest BCUT2D eigenvalue weighted by molar-refractivity contribution is 4.98. The number of ether oxygens (including phenoxy) is 5. The molecule has 3 saturated heterocycles. The lowest BCUT2D eigenvalue weighted by molar-refractivity contribution is -0.211. The molecule has 0 aromatic heterocycles. The first-order valence-corrected chi connectivity index (χ1v) is 6.28. The van der Waals surface area contributed by atoms with Crippen LogP contribution < -0.4 is 0 Å². The molecule has 0 aromatic carbocycles. The van der Waals surface area contributed by atoms with Crippen molar-refractivity contribution in [3.8, 4) is 0 Å². The van der Waals surface area contributed by atoms with E-state index in [1.165, 1.54) is 0 Å². The highest BCUT2D eigenvalue weighted by Crippen LogP contribution is 2.41. The molecule has 5 atom stereocenters. The molecule has 3 heterocycles. The summed E-state index contributed by atoms with van der Waals surface area (Å²) in [5.41, 5.74) is 0. The van der Waals surface area contributed by atoms with Gasteiger partial charge < -0.3 is 28.8 Å². The zero-order chi connectivity index (χ0) is 13.1. The highest BCUT2D eigenvalue weighted by atomic mass is 16.8. The lowest BCUT2D eigenvalue weighted by atomic mass is 10.0. The second-order valence-corrected chi connectivity index (χ2v) is 5.93. The third kappa shape index (κ3) is 2.07. The van der Waals surface area contributed by atoms with E-state index in [0.29, 0.717) is 0 Å². The van der Waals surface area contributed by atoms with Gasteiger partial charge in [0.05, 0.1) is 6.61 Å². The summed E-state index contributed by atoms with van der Waals surface area (Å²) in [5.74, 6) is -1.42. The van der Waals surface area contributed by atoms with Crippen molar-refractivity contribution in [2.75, 3.05) is 6.61 Å². The maximum absolute atomic E-state index is 9.94. The molecule has 3 aliphatic rings. The Morgan fingerprint density at radius 3 is 2.11 bits per heavy atom. The average molecular weight is 260 g/mol. The molecule has 6 heteroatoms. The lowest BCUT2D eigenvalue weighted by Gasteiger charge is -2.24. The van der Waals surface area contributed by atoms with Crippen molar-refractivity contribution in [2.45, 2.75) is 70.0 Å². The Morgan fingerprint density at radius 2 is 1.39 bits per heavy atom. The summed E-state index contributed by atoms with van der Waals surface area (Å²) in [4.78, 5) is 0. The number of aliphatic hydroxyl groups is 1. The Bertz CT molecular complexity index is 341. The number of rotatable bonds is 0. The van der Waals surface area contributed by atoms with Gasteiger partial charge in [-0.1, -0.05) is 0 Å². The van der Waals surface area contributed by atoms with Crippen LogP contribution in [-0.4, -0.2) is 54.0 Å². The Labute approximate surface area is 106 Å². The largest absolute Gasteiger partial charge is 0.366 e. The Hall–Kier alpha value is -0.240. The summed E-state index contributed by atoms with van der Waals surface area (Å²) in [6, 6.07) is 0. The van der Waals surface area contributed by atoms with Crippen LogP contribution in [0.15, 0.2) is 0 Å². The molecular weight excluding hydrogens is 240 g/mol. The van der Waals surface area contributed by atoms with Gasteiger partial charge in [0.2, 0.25) is 0 Å². The number of fused-ring (bicyclic) bond motifs is 3. The summed E-state index contributed by atoms with van der Waals surface area (Å²) in [5, 5.41) is 9.94. The van der Waals surface area contributed by atoms with Gasteiger partial charge in [-0.15, -0.1) is 0 Å². The van der Waals surface area contributed by atoms with E-state index in [-0.39, 0.29) is 24.9 Å². The standard InChI is InChI=1S/C12H20O6/c1-11(2)15-6-5-14-10(13)9-8(7(6)16-11)17-12(3,4)18-9/h6-10,13H,5H2,1-4H3/t6-,7-,8+,9-,10+/m1/s1. The Morgan fingerprint density at radius 1 is 0.833 bits per heavy atom. The fraction of sp³-hybridized carbons (Fsp3) is 1.00. The first kappa shape index (κ1) is 12.8. The van der Waals surface area contributed by atoms with E-state index in [9.17, 15) is 5.11 Å². The lowest BCUT2D eigenvalue weighted by Crippen LogP contribution is -2.43. The highest BCUT2D eigenvalue weighted by Gasteiger charge is 2.57. The van der Waals surface area contributed by atoms with Crippen LogP contribution in [0.2, 0.25) is 0 Å². The van der Waals surface area contributed by atoms with Gasteiger partial charge in [0.1, 0.15) is 24.4 Å². The third-order valence-corrected chi connectivity index (χ3v) is 3.42. The van der Waals surface area contributed by atoms with Crippen LogP contribution in [0.25, 0.3) is 0 Å². The van der Waals surface area contributed by atoms with Gasteiger partial charge in [0, 0.05) is 0 Å². The first-order valence-electron chi connectivity index (χ1n) is 6.28. The van der Waals surface area contributed by atoms with Crippen molar-refractivity contribution < 1.29 is 28.8 Å². The summed E-state index contributed by atoms with van der Waals surface area (Å²) in [6.07, 6.45) is -2.49. The van der Waals surface area contributed by atoms with E-state index in [1.807, 2.05) is 27.7 Å². The van der Waals surface area contributed by atoms with Crippen molar-refractivity contribution in [2.24, 2.45) is 0 Å². The summed E-state index contributed by atoms with van der Waals surface area (Å²) in [6.45, 7) is 7.60. The quantitative estimate of drug-likeness (QED) is 0.679. The van der Waals surface area contributed by atoms with E-state index in [4.69, 9.17) is 23.7 Å². The van der Waals surface area contributed by atoms with Crippen LogP contribution in [0.1, 0.15) is 27.7 Å². The molecule has 3 fully saturated rings. The zero-order valence-electron chi connectivity index (χ0n) is 11.1. The van der Waals surface area contributed by atoms with E-state index >= 15 is 0 Å². The number of aliphatic hydroxyl groups excluding tert-OH is 1. The van der Waals surface area contributed by atoms with Crippen molar-refractivity contribution in [3.05, 3.63) is 0 Å². The van der Waals surface area contributed by atoms with Gasteiger partial charge in [-0.2, -0.15) is 0 Å². The smallest absolute Gasteiger partial charge is 0.184 e. The molecule has 0 amide bonds. The average Bonchev–Trinajstić information content (AvgIpc) is 2.68. The summed E-state index contributed by atoms with van der Waals surface area (Å²) < 4.78 is 28.5. The van der Waals surface area contributed by atoms with Crippen LogP contribution in [0.4, 0.5) is 0 Å². The van der Waals surface area contributed by atoms with E-state index in [0.717, 1.165) is 0 Å². The van der Waals surface area contributed by atoms with Gasteiger partial charge >= 0.3 is 0 Å². The molecule has 0 aliphatic carbocycles. The zero-order valence-corrected chi connectivity index (χ0v) is 11.1. The molecule has 0 aromatic rings. The molecule has 3 aliphatic heterocycles. The molecule has 18 heavy (non-hydrogen) atoms. The van der Waals surface area contributed by atoms with Gasteiger partial charge in [-0.3, -0.25) is 0 Å². The van der Waals surface area contributed by atoms with E-state index in [2.05, 4.69) is 0 Å². The molecule has 0 radical (unpaired) electrons. The Kier molecular flexibility index (Phi) is 2.75. The predicted octanol–water partition coefficient (Wildman–Crippen LogP) is 0.375. The molecule has 3 rings (SSSR count). The number of hydrogen-bond acceptors (Lipinski definition) is 6. The summed E-state index contributed by atoms with van der Waals surface area (Å²) in [7, 11) is 0. The molecule has 104 valence electrons. The Balaban J connectivity index is 1.87. The molecule has 6 nitrogen and oxygen atoms in total. The topological polar surface area (TPSA) is 66.4 Å². The number of hydrogen-bond donors (Lipinski definition) is 1. The van der Waals surface area contributed by atoms with E-state index in [1.54, 1.807) is 0 Å². The van der Waals surface area contributed by atoms with Crippen LogP contribution >= 0.6 is 0 Å². The minimum absolute atomic E-state index is 0.248. The van der Waals surface area contributed by atoms with Crippen molar-refractivity contribution >= 4 is 0 Å².